The van der Waals surface area contributed by atoms with Gasteiger partial charge in [-0.3, -0.25) is 9.59 Å². The first-order valence-corrected chi connectivity index (χ1v) is 21.0. The lowest BCUT2D eigenvalue weighted by Gasteiger charge is -2.44. The molecule has 17 atom stereocenters. The lowest BCUT2D eigenvalue weighted by Crippen LogP contribution is -2.59. The Hall–Kier alpha value is -1.70. The number of cyclic esters (lactones) is 1. The summed E-state index contributed by atoms with van der Waals surface area (Å²) in [6.45, 7) is 8.29. The van der Waals surface area contributed by atoms with Gasteiger partial charge in [0.15, 0.2) is 18.4 Å². The largest absolute Gasteiger partial charge is 0.462 e. The second-order valence-electron chi connectivity index (χ2n) is 17.2. The minimum atomic E-state index is -0.595. The van der Waals surface area contributed by atoms with Crippen molar-refractivity contribution in [3.63, 3.8) is 0 Å². The molecule has 4 fully saturated rings. The van der Waals surface area contributed by atoms with E-state index in [-0.39, 0.29) is 96.8 Å². The van der Waals surface area contributed by atoms with Gasteiger partial charge in [0.1, 0.15) is 24.4 Å². The number of esters is 1. The molecule has 3 aliphatic carbocycles. The molecule has 6 rings (SSSR count). The van der Waals surface area contributed by atoms with Crippen LogP contribution in [0.3, 0.4) is 0 Å². The summed E-state index contributed by atoms with van der Waals surface area (Å²) in [4.78, 5) is 30.7. The molecule has 0 aromatic rings. The van der Waals surface area contributed by atoms with E-state index >= 15 is 0 Å². The highest BCUT2D eigenvalue weighted by atomic mass is 16.7. The zero-order valence-corrected chi connectivity index (χ0v) is 34.4. The Labute approximate surface area is 324 Å². The van der Waals surface area contributed by atoms with Gasteiger partial charge in [-0.25, -0.2) is 0 Å². The fourth-order valence-electron chi connectivity index (χ4n) is 10.7. The van der Waals surface area contributed by atoms with Crippen molar-refractivity contribution < 1.29 is 47.5 Å². The van der Waals surface area contributed by atoms with Crippen molar-refractivity contribution in [2.24, 2.45) is 35.5 Å². The van der Waals surface area contributed by atoms with Crippen molar-refractivity contribution in [2.75, 3.05) is 35.4 Å². The first kappa shape index (κ1) is 41.9. The van der Waals surface area contributed by atoms with E-state index in [9.17, 15) is 9.59 Å². The van der Waals surface area contributed by atoms with E-state index in [1.807, 2.05) is 13.8 Å². The Bertz CT molecular complexity index is 1320. The van der Waals surface area contributed by atoms with Gasteiger partial charge in [0.2, 0.25) is 0 Å². The SMILES string of the molecule is CCCC[C@@H]1CCC[C@H](O[C@H]2CC[C@H](N(C)C)[C@@H](C)O2)[C@@H](C)C(=O)C2=CC3C(C=CC4C[C@@H](O[C@@H]5O[C@@H](C)[C@H](OC)[C@@H](OC)[C@H]5OC)CC43)C2CC(=O)O1. The third-order valence-corrected chi connectivity index (χ3v) is 13.7. The maximum Gasteiger partial charge on any atom is 0.306 e. The predicted molar refractivity (Wildman–Crippen MR) is 203 cm³/mol. The average molecular weight is 760 g/mol. The number of likely N-dealkylation sites (N-methyl/N-ethyl adjacent to an activating group) is 1. The summed E-state index contributed by atoms with van der Waals surface area (Å²) in [6.07, 6.45) is 13.1. The second kappa shape index (κ2) is 18.7. The molecule has 0 bridgehead atoms. The number of carbonyl (C=O) groups is 2. The average Bonchev–Trinajstić information content (AvgIpc) is 3.72. The van der Waals surface area contributed by atoms with E-state index in [0.29, 0.717) is 18.4 Å². The van der Waals surface area contributed by atoms with Gasteiger partial charge in [-0.1, -0.05) is 44.9 Å². The number of ether oxygens (including phenoxy) is 8. The summed E-state index contributed by atoms with van der Waals surface area (Å²) in [7, 11) is 9.17. The molecule has 0 spiro atoms. The summed E-state index contributed by atoms with van der Waals surface area (Å²) < 4.78 is 49.9. The maximum absolute atomic E-state index is 14.7. The molecule has 54 heavy (non-hydrogen) atoms. The first-order valence-electron chi connectivity index (χ1n) is 21.0. The third-order valence-electron chi connectivity index (χ3n) is 13.7. The van der Waals surface area contributed by atoms with Crippen molar-refractivity contribution in [3.8, 4) is 0 Å². The molecule has 1 saturated carbocycles. The topological polar surface area (TPSA) is 111 Å². The van der Waals surface area contributed by atoms with Crippen LogP contribution in [-0.4, -0.2) is 120 Å². The molecular weight excluding hydrogens is 690 g/mol. The van der Waals surface area contributed by atoms with Gasteiger partial charge in [-0.2, -0.15) is 0 Å². The Morgan fingerprint density at radius 3 is 2.28 bits per heavy atom. The number of ketones is 1. The van der Waals surface area contributed by atoms with Crippen LogP contribution in [-0.2, 0) is 47.5 Å². The van der Waals surface area contributed by atoms with Crippen LogP contribution in [0.2, 0.25) is 0 Å². The van der Waals surface area contributed by atoms with Crippen LogP contribution in [0.4, 0.5) is 0 Å². The molecule has 3 heterocycles. The molecule has 0 radical (unpaired) electrons. The minimum Gasteiger partial charge on any atom is -0.462 e. The molecule has 0 N–H and O–H groups in total. The molecule has 3 aliphatic heterocycles. The van der Waals surface area contributed by atoms with Crippen molar-refractivity contribution in [2.45, 2.75) is 166 Å². The van der Waals surface area contributed by atoms with Gasteiger partial charge in [0.05, 0.1) is 30.8 Å². The predicted octanol–water partition coefficient (Wildman–Crippen LogP) is 6.27. The summed E-state index contributed by atoms with van der Waals surface area (Å²) >= 11 is 0. The molecule has 0 aromatic heterocycles. The van der Waals surface area contributed by atoms with Crippen molar-refractivity contribution in [1.29, 1.82) is 0 Å². The fourth-order valence-corrected chi connectivity index (χ4v) is 10.7. The monoisotopic (exact) mass is 759 g/mol. The maximum atomic E-state index is 14.7. The zero-order chi connectivity index (χ0) is 38.7. The van der Waals surface area contributed by atoms with E-state index < -0.39 is 12.4 Å². The smallest absolute Gasteiger partial charge is 0.306 e. The number of hydrogen-bond donors (Lipinski definition) is 0. The van der Waals surface area contributed by atoms with Gasteiger partial charge in [-0.05, 0) is 109 Å². The number of rotatable bonds is 11. The number of hydrogen-bond acceptors (Lipinski definition) is 11. The van der Waals surface area contributed by atoms with Crippen molar-refractivity contribution in [3.05, 3.63) is 23.8 Å². The van der Waals surface area contributed by atoms with Crippen LogP contribution >= 0.6 is 0 Å². The van der Waals surface area contributed by atoms with Crippen LogP contribution < -0.4 is 0 Å². The molecule has 6 aliphatic rings. The molecule has 5 unspecified atom stereocenters. The number of unbranched alkanes of at least 4 members (excludes halogenated alkanes) is 1. The molecular formula is C43H69NO10. The molecule has 0 amide bonds. The van der Waals surface area contributed by atoms with Gasteiger partial charge in [-0.15, -0.1) is 0 Å². The van der Waals surface area contributed by atoms with E-state index in [1.54, 1.807) is 21.3 Å². The number of fused-ring (bicyclic) bond motifs is 5. The Kier molecular flexibility index (Phi) is 14.5. The highest BCUT2D eigenvalue weighted by Gasteiger charge is 2.52. The third kappa shape index (κ3) is 9.04. The van der Waals surface area contributed by atoms with Gasteiger partial charge in [0, 0.05) is 39.2 Å². The standard InChI is InChI=1S/C43H69NO10/c1-10-11-13-28-14-12-15-36(54-38-19-18-35(44(5)6)25(3)50-38)24(2)39(46)34-22-32-30(33(34)23-37(45)52-28)17-16-27-20-29(21-31(27)32)53-43-42(49-9)41(48-8)40(47-7)26(4)51-43/h16-17,22,24-33,35-36,38,40-43H,10-15,18-21,23H2,1-9H3/t24-,25-,26+,27?,28-,29-,30?,31?,32?,33?,35+,36+,38+,40+,41-,42-,43+/m1/s1. The summed E-state index contributed by atoms with van der Waals surface area (Å²) in [6, 6.07) is 0.338. The van der Waals surface area contributed by atoms with Gasteiger partial charge < -0.3 is 42.8 Å². The second-order valence-corrected chi connectivity index (χ2v) is 17.2. The molecule has 11 heteroatoms. The lowest BCUT2D eigenvalue weighted by molar-refractivity contribution is -0.314. The molecule has 0 aromatic carbocycles. The van der Waals surface area contributed by atoms with E-state index in [4.69, 9.17) is 37.9 Å². The zero-order valence-electron chi connectivity index (χ0n) is 34.4. The summed E-state index contributed by atoms with van der Waals surface area (Å²) in [5.41, 5.74) is 0.770. The van der Waals surface area contributed by atoms with Crippen LogP contribution in [0.15, 0.2) is 23.8 Å². The summed E-state index contributed by atoms with van der Waals surface area (Å²) in [5.74, 6) is 0.0373. The molecule has 11 nitrogen and oxygen atoms in total. The lowest BCUT2D eigenvalue weighted by atomic mass is 9.70. The normalized spacial score (nSPS) is 44.5. The minimum absolute atomic E-state index is 0.0370. The number of carbonyl (C=O) groups excluding carboxylic acids is 2. The number of methoxy groups -OCH3 is 3. The quantitative estimate of drug-likeness (QED) is 0.176. The van der Waals surface area contributed by atoms with Crippen molar-refractivity contribution >= 4 is 11.8 Å². The van der Waals surface area contributed by atoms with Crippen LogP contribution in [0.5, 0.6) is 0 Å². The van der Waals surface area contributed by atoms with E-state index in [2.05, 4.69) is 51.1 Å². The van der Waals surface area contributed by atoms with Crippen molar-refractivity contribution in [1.82, 2.24) is 4.90 Å². The fraction of sp³-hybridized carbons (Fsp3) is 0.860. The number of nitrogens with zero attached hydrogens (tertiary/aromatic N) is 1. The highest BCUT2D eigenvalue weighted by Crippen LogP contribution is 2.54. The van der Waals surface area contributed by atoms with Crippen LogP contribution in [0.1, 0.15) is 98.3 Å². The van der Waals surface area contributed by atoms with E-state index in [0.717, 1.165) is 63.4 Å². The number of Topliss-reactive ketones (excluding diaryl/α,β-unsaturated/α-hetero) is 1. The molecule has 306 valence electrons. The van der Waals surface area contributed by atoms with Gasteiger partial charge >= 0.3 is 5.97 Å². The Balaban J connectivity index is 1.21. The van der Waals surface area contributed by atoms with Crippen LogP contribution in [0.25, 0.3) is 0 Å². The first-order chi connectivity index (χ1) is 26.0. The Morgan fingerprint density at radius 1 is 0.833 bits per heavy atom. The highest BCUT2D eigenvalue weighted by molar-refractivity contribution is 5.99. The van der Waals surface area contributed by atoms with E-state index in [1.165, 1.54) is 0 Å². The molecule has 3 saturated heterocycles. The van der Waals surface area contributed by atoms with Crippen LogP contribution in [0, 0.1) is 35.5 Å². The van der Waals surface area contributed by atoms with Gasteiger partial charge in [0.25, 0.3) is 0 Å². The summed E-state index contributed by atoms with van der Waals surface area (Å²) in [5, 5.41) is 0. The number of allylic oxidation sites excluding steroid dienone is 4. The Morgan fingerprint density at radius 2 is 1.59 bits per heavy atom.